The second kappa shape index (κ2) is 8.04. The molecule has 0 bridgehead atoms. The number of fused-ring (bicyclic) bond motifs is 1. The summed E-state index contributed by atoms with van der Waals surface area (Å²) in [5.74, 6) is -3.50. The van der Waals surface area contributed by atoms with Crippen LogP contribution in [0.5, 0.6) is 5.88 Å². The molecule has 1 aliphatic heterocycles. The molecule has 7 nitrogen and oxygen atoms in total. The van der Waals surface area contributed by atoms with Gasteiger partial charge < -0.3 is 15.6 Å². The minimum atomic E-state index is -3.30. The molecule has 4 rings (SSSR count). The molecular weight excluding hydrogens is 457 g/mol. The van der Waals surface area contributed by atoms with Crippen molar-refractivity contribution in [2.75, 3.05) is 13.2 Å². The molecule has 1 aromatic carbocycles. The van der Waals surface area contributed by atoms with Crippen LogP contribution in [0.1, 0.15) is 28.5 Å². The zero-order chi connectivity index (χ0) is 24.0. The van der Waals surface area contributed by atoms with Crippen molar-refractivity contribution in [1.29, 1.82) is 0 Å². The van der Waals surface area contributed by atoms with Gasteiger partial charge in [0.25, 0.3) is 5.92 Å². The molecule has 2 aliphatic rings. The minimum absolute atomic E-state index is 0.00219. The Balaban J connectivity index is 1.62. The molecule has 1 aromatic heterocycles. The van der Waals surface area contributed by atoms with Crippen molar-refractivity contribution in [2.45, 2.75) is 29.6 Å². The molecule has 3 N–H and O–H groups in total. The lowest BCUT2D eigenvalue weighted by Gasteiger charge is -2.32. The first kappa shape index (κ1) is 23.1. The third kappa shape index (κ3) is 3.63. The van der Waals surface area contributed by atoms with Crippen molar-refractivity contribution in [3.05, 3.63) is 53.2 Å². The van der Waals surface area contributed by atoms with Crippen molar-refractivity contribution in [3.8, 4) is 18.2 Å². The summed E-state index contributed by atoms with van der Waals surface area (Å²) in [5.41, 5.74) is 4.36. The third-order valence-electron chi connectivity index (χ3n) is 5.89. The fourth-order valence-electron chi connectivity index (χ4n) is 4.31. The van der Waals surface area contributed by atoms with E-state index in [4.69, 9.17) is 16.9 Å². The van der Waals surface area contributed by atoms with E-state index in [1.807, 2.05) is 0 Å². The number of nitrogens with two attached hydrogens (primary N) is 1. The average molecular weight is 476 g/mol. The normalized spacial score (nSPS) is 27.2. The van der Waals surface area contributed by atoms with Crippen LogP contribution in [-0.2, 0) is 12.0 Å². The summed E-state index contributed by atoms with van der Waals surface area (Å²) in [6, 6.07) is 3.81. The predicted octanol–water partition coefficient (Wildman–Crippen LogP) is 2.33. The van der Waals surface area contributed by atoms with Gasteiger partial charge in [-0.3, -0.25) is 9.79 Å². The Bertz CT molecular complexity index is 1180. The van der Waals surface area contributed by atoms with E-state index in [-0.39, 0.29) is 35.3 Å². The molecule has 0 saturated heterocycles. The van der Waals surface area contributed by atoms with Crippen molar-refractivity contribution in [3.63, 3.8) is 0 Å². The topological polar surface area (TPSA) is 111 Å². The number of carbonyl (C=O) groups excluding carboxylic acids is 1. The molecule has 1 saturated carbocycles. The molecule has 0 radical (unpaired) electrons. The Morgan fingerprint density at radius 1 is 1.36 bits per heavy atom. The number of amidine groups is 1. The number of rotatable bonds is 7. The van der Waals surface area contributed by atoms with Crippen LogP contribution in [0, 0.1) is 24.1 Å². The largest absolute Gasteiger partial charge is 0.463 e. The average Bonchev–Trinajstić information content (AvgIpc) is 3.29. The summed E-state index contributed by atoms with van der Waals surface area (Å²) >= 11 is 0.605. The number of ketones is 1. The first-order chi connectivity index (χ1) is 15.6. The Kier molecular flexibility index (Phi) is 5.62. The highest BCUT2D eigenvalue weighted by atomic mass is 32.2. The molecule has 0 spiro atoms. The molecule has 11 heteroatoms. The SMILES string of the molecule is C#CCOc1cnc(C(=O)Cc2ccc(F)c([C@@]3(C)N=C(N)S[C@]4(CO)[C@H]3C4(F)F)c2)cn1. The number of hydrogen-bond donors (Lipinski definition) is 2. The number of aromatic nitrogens is 2. The van der Waals surface area contributed by atoms with Crippen LogP contribution in [0.15, 0.2) is 35.6 Å². The zero-order valence-corrected chi connectivity index (χ0v) is 18.2. The molecule has 0 amide bonds. The number of aliphatic hydroxyl groups excluding tert-OH is 1. The van der Waals surface area contributed by atoms with Crippen molar-refractivity contribution < 1.29 is 27.8 Å². The van der Waals surface area contributed by atoms with Gasteiger partial charge in [0.15, 0.2) is 17.6 Å². The van der Waals surface area contributed by atoms with Gasteiger partial charge in [0.05, 0.1) is 30.5 Å². The second-order valence-corrected chi connectivity index (χ2v) is 9.30. The number of hydrogen-bond acceptors (Lipinski definition) is 8. The van der Waals surface area contributed by atoms with Crippen LogP contribution in [0.25, 0.3) is 0 Å². The van der Waals surface area contributed by atoms with Crippen LogP contribution >= 0.6 is 11.8 Å². The van der Waals surface area contributed by atoms with E-state index in [9.17, 15) is 23.1 Å². The summed E-state index contributed by atoms with van der Waals surface area (Å²) in [6.07, 6.45) is 7.40. The minimum Gasteiger partial charge on any atom is -0.463 e. The highest BCUT2D eigenvalue weighted by molar-refractivity contribution is 8.15. The molecule has 2 heterocycles. The summed E-state index contributed by atoms with van der Waals surface area (Å²) in [4.78, 5) is 24.7. The van der Waals surface area contributed by atoms with Crippen molar-refractivity contribution >= 4 is 22.7 Å². The van der Waals surface area contributed by atoms with Gasteiger partial charge in [-0.1, -0.05) is 23.7 Å². The van der Waals surface area contributed by atoms with E-state index >= 15 is 0 Å². The maximum Gasteiger partial charge on any atom is 0.272 e. The van der Waals surface area contributed by atoms with Gasteiger partial charge in [0, 0.05) is 12.0 Å². The van der Waals surface area contributed by atoms with E-state index in [2.05, 4.69) is 20.9 Å². The van der Waals surface area contributed by atoms with E-state index in [1.54, 1.807) is 0 Å². The number of alkyl halides is 2. The molecule has 172 valence electrons. The predicted molar refractivity (Wildman–Crippen MR) is 116 cm³/mol. The highest BCUT2D eigenvalue weighted by Crippen LogP contribution is 2.74. The molecule has 1 fully saturated rings. The summed E-state index contributed by atoms with van der Waals surface area (Å²) in [6.45, 7) is 0.531. The quantitative estimate of drug-likeness (QED) is 0.466. The zero-order valence-electron chi connectivity index (χ0n) is 17.4. The molecule has 1 aliphatic carbocycles. The van der Waals surface area contributed by atoms with Crippen molar-refractivity contribution in [2.24, 2.45) is 16.6 Å². The van der Waals surface area contributed by atoms with Gasteiger partial charge in [0.1, 0.15) is 16.3 Å². The highest BCUT2D eigenvalue weighted by Gasteiger charge is 2.87. The number of aliphatic hydroxyl groups is 1. The lowest BCUT2D eigenvalue weighted by atomic mass is 9.84. The third-order valence-corrected chi connectivity index (χ3v) is 7.20. The van der Waals surface area contributed by atoms with Gasteiger partial charge in [0.2, 0.25) is 5.88 Å². The number of thioether (sulfide) groups is 1. The number of benzene rings is 1. The number of ether oxygens (including phenoxy) is 1. The van der Waals surface area contributed by atoms with Crippen molar-refractivity contribution in [1.82, 2.24) is 9.97 Å². The molecule has 0 unspecified atom stereocenters. The first-order valence-corrected chi connectivity index (χ1v) is 10.6. The summed E-state index contributed by atoms with van der Waals surface area (Å²) < 4.78 is 47.6. The Labute approximate surface area is 191 Å². The van der Waals surface area contributed by atoms with E-state index in [0.29, 0.717) is 17.3 Å². The molecule has 33 heavy (non-hydrogen) atoms. The summed E-state index contributed by atoms with van der Waals surface area (Å²) in [7, 11) is 0. The fraction of sp³-hybridized carbons (Fsp3) is 0.364. The van der Waals surface area contributed by atoms with E-state index < -0.39 is 40.3 Å². The smallest absolute Gasteiger partial charge is 0.272 e. The van der Waals surface area contributed by atoms with Gasteiger partial charge in [-0.25, -0.2) is 23.1 Å². The second-order valence-electron chi connectivity index (χ2n) is 7.95. The van der Waals surface area contributed by atoms with Gasteiger partial charge in [-0.05, 0) is 24.6 Å². The Hall–Kier alpha value is -3.10. The lowest BCUT2D eigenvalue weighted by Crippen LogP contribution is -2.37. The standard InChI is InChI=1S/C22H19F3N4O3S/c1-3-6-32-17-10-27-15(9-28-17)16(31)8-12-4-5-14(23)13(7-12)20(2)18-21(11-30,22(18,24)25)33-19(26)29-20/h1,4-5,7,9-10,18,30H,6,8,11H2,2H3,(H2,26,29)/t18-,20+,21+/m0/s1. The molecule has 2 aromatic rings. The van der Waals surface area contributed by atoms with Gasteiger partial charge in [-0.2, -0.15) is 0 Å². The van der Waals surface area contributed by atoms with Crippen LogP contribution in [0.3, 0.4) is 0 Å². The first-order valence-electron chi connectivity index (χ1n) is 9.82. The lowest BCUT2D eigenvalue weighted by molar-refractivity contribution is 0.0684. The van der Waals surface area contributed by atoms with Crippen LogP contribution in [0.4, 0.5) is 13.2 Å². The maximum absolute atomic E-state index is 14.8. The monoisotopic (exact) mass is 476 g/mol. The number of carbonyl (C=O) groups is 1. The number of Topliss-reactive ketones (excluding diaryl/α,β-unsaturated/α-hetero) is 1. The van der Waals surface area contributed by atoms with E-state index in [1.165, 1.54) is 31.5 Å². The summed E-state index contributed by atoms with van der Waals surface area (Å²) in [5, 5.41) is 9.52. The number of terminal acetylenes is 1. The van der Waals surface area contributed by atoms with Crippen LogP contribution in [0.2, 0.25) is 0 Å². The Morgan fingerprint density at radius 3 is 2.76 bits per heavy atom. The maximum atomic E-state index is 14.8. The molecular formula is C22H19F3N4O3S. The van der Waals surface area contributed by atoms with Crippen LogP contribution < -0.4 is 10.5 Å². The van der Waals surface area contributed by atoms with Gasteiger partial charge >= 0.3 is 0 Å². The van der Waals surface area contributed by atoms with E-state index in [0.717, 1.165) is 6.07 Å². The number of nitrogens with zero attached hydrogens (tertiary/aromatic N) is 3. The fourth-order valence-corrected chi connectivity index (χ4v) is 5.67. The number of halogens is 3. The van der Waals surface area contributed by atoms with Gasteiger partial charge in [-0.15, -0.1) is 6.42 Å². The Morgan fingerprint density at radius 2 is 2.12 bits per heavy atom. The molecule has 3 atom stereocenters. The van der Waals surface area contributed by atoms with Crippen LogP contribution in [-0.4, -0.2) is 49.9 Å². The number of aliphatic imine (C=N–C) groups is 1.